The molecule has 0 saturated heterocycles. The molecular weight excluding hydrogens is 80.1 g/mol. The fraction of sp³-hybridized carbons (Fsp3) is 0.667. The first-order valence-corrected chi connectivity index (χ1v) is 2.95. The van der Waals surface area contributed by atoms with Gasteiger partial charge in [0.15, 0.2) is 0 Å². The van der Waals surface area contributed by atoms with Crippen molar-refractivity contribution in [1.82, 2.24) is 0 Å². The summed E-state index contributed by atoms with van der Waals surface area (Å²) >= 11 is 0. The molecule has 0 unspecified atom stereocenters. The average molecular weight is 85.2 g/mol. The van der Waals surface area contributed by atoms with Crippen molar-refractivity contribution in [3.05, 3.63) is 0 Å². The molecule has 0 aromatic carbocycles. The maximum Gasteiger partial charge on any atom is 0.0873 e. The van der Waals surface area contributed by atoms with Gasteiger partial charge in [0.25, 0.3) is 0 Å². The van der Waals surface area contributed by atoms with E-state index in [0.717, 1.165) is 15.7 Å². The van der Waals surface area contributed by atoms with Crippen LogP contribution >= 0.6 is 0 Å². The molecule has 1 radical (unpaired) electrons. The molecule has 0 aromatic heterocycles. The number of rotatable bonds is 0. The van der Waals surface area contributed by atoms with Crippen molar-refractivity contribution in [2.45, 2.75) is 6.04 Å². The van der Waals surface area contributed by atoms with E-state index in [-0.39, 0.29) is 0 Å². The van der Waals surface area contributed by atoms with Crippen molar-refractivity contribution in [3.63, 3.8) is 0 Å². The highest BCUT2D eigenvalue weighted by molar-refractivity contribution is 6.46. The summed E-state index contributed by atoms with van der Waals surface area (Å²) < 4.78 is 4.83. The Morgan fingerprint density at radius 1 is 1.80 bits per heavy atom. The minimum atomic E-state index is 0.957. The third-order valence-corrected chi connectivity index (χ3v) is 1.36. The predicted octanol–water partition coefficient (Wildman–Crippen LogP) is -0.101. The van der Waals surface area contributed by atoms with Gasteiger partial charge in [-0.05, 0) is 6.04 Å². The summed E-state index contributed by atoms with van der Waals surface area (Å²) in [5, 5.41) is 0. The molecule has 0 fully saturated rings. The van der Waals surface area contributed by atoms with Crippen molar-refractivity contribution in [2.75, 3.05) is 6.61 Å². The molecule has 0 amide bonds. The molecule has 1 heterocycles. The van der Waals surface area contributed by atoms with Crippen LogP contribution in [0, 0.1) is 0 Å². The maximum absolute atomic E-state index is 4.83. The van der Waals surface area contributed by atoms with Gasteiger partial charge in [-0.3, -0.25) is 0 Å². The summed E-state index contributed by atoms with van der Waals surface area (Å²) in [5.74, 6) is 1.89. The predicted molar refractivity (Wildman–Crippen MR) is 22.6 cm³/mol. The van der Waals surface area contributed by atoms with Crippen LogP contribution in [-0.2, 0) is 4.74 Å². The van der Waals surface area contributed by atoms with Crippen LogP contribution < -0.4 is 0 Å². The smallest absolute Gasteiger partial charge is 0.0873 e. The first-order chi connectivity index (χ1) is 2.50. The Labute approximate surface area is 33.4 Å². The van der Waals surface area contributed by atoms with Crippen LogP contribution in [0.1, 0.15) is 0 Å². The molecule has 0 aliphatic carbocycles. The standard InChI is InChI=1S/C3H5OSi/c1-2-5-3-4-1/h3H,1-2H2. The molecule has 0 spiro atoms. The molecule has 0 aromatic rings. The zero-order valence-corrected chi connectivity index (χ0v) is 3.90. The molecule has 0 atom stereocenters. The largest absolute Gasteiger partial charge is 0.507 e. The van der Waals surface area contributed by atoms with Gasteiger partial charge >= 0.3 is 0 Å². The van der Waals surface area contributed by atoms with Gasteiger partial charge in [-0.15, -0.1) is 0 Å². The molecule has 1 nitrogen and oxygen atoms in total. The lowest BCUT2D eigenvalue weighted by Gasteiger charge is -1.80. The number of ether oxygens (including phenoxy) is 1. The van der Waals surface area contributed by atoms with Gasteiger partial charge in [0.2, 0.25) is 0 Å². The molecule has 2 heteroatoms. The molecule has 1 aliphatic heterocycles. The van der Waals surface area contributed by atoms with Gasteiger partial charge in [0, 0.05) is 0 Å². The van der Waals surface area contributed by atoms with E-state index in [4.69, 9.17) is 4.74 Å². The second-order valence-electron chi connectivity index (χ2n) is 0.943. The molecule has 0 bridgehead atoms. The third-order valence-electron chi connectivity index (χ3n) is 0.531. The first-order valence-electron chi connectivity index (χ1n) is 1.67. The Kier molecular flexibility index (Phi) is 0.839. The second-order valence-corrected chi connectivity index (χ2v) is 2.09. The quantitative estimate of drug-likeness (QED) is 0.373. The van der Waals surface area contributed by atoms with Gasteiger partial charge in [-0.1, -0.05) is 0 Å². The SMILES string of the molecule is C1=[Si]CCO1. The molecule has 5 heavy (non-hydrogen) atoms. The molecule has 27 valence electrons. The summed E-state index contributed by atoms with van der Waals surface area (Å²) in [7, 11) is 0.961. The second kappa shape index (κ2) is 1.36. The fourth-order valence-electron chi connectivity index (χ4n) is 0.295. The Hall–Kier alpha value is -0.113. The Bertz CT molecular complexity index is 44.9. The van der Waals surface area contributed by atoms with Crippen LogP contribution in [0.25, 0.3) is 0 Å². The van der Waals surface area contributed by atoms with Gasteiger partial charge in [-0.25, -0.2) is 0 Å². The Morgan fingerprint density at radius 3 is 3.00 bits per heavy atom. The van der Waals surface area contributed by atoms with Gasteiger partial charge in [0.1, 0.15) is 0 Å². The van der Waals surface area contributed by atoms with Gasteiger partial charge in [0.05, 0.1) is 21.6 Å². The highest BCUT2D eigenvalue weighted by Crippen LogP contribution is 1.80. The van der Waals surface area contributed by atoms with E-state index >= 15 is 0 Å². The van der Waals surface area contributed by atoms with Gasteiger partial charge in [-0.2, -0.15) is 0 Å². The topological polar surface area (TPSA) is 9.23 Å². The molecule has 1 aliphatic rings. The van der Waals surface area contributed by atoms with Crippen LogP contribution in [-0.4, -0.2) is 21.6 Å². The lowest BCUT2D eigenvalue weighted by Crippen LogP contribution is -1.74. The van der Waals surface area contributed by atoms with E-state index in [9.17, 15) is 0 Å². The fourth-order valence-corrected chi connectivity index (χ4v) is 0.884. The monoisotopic (exact) mass is 85.0 g/mol. The molecule has 1 rings (SSSR count). The Morgan fingerprint density at radius 2 is 2.80 bits per heavy atom. The van der Waals surface area contributed by atoms with E-state index in [1.54, 1.807) is 0 Å². The lowest BCUT2D eigenvalue weighted by atomic mass is 10.9. The van der Waals surface area contributed by atoms with E-state index in [0.29, 0.717) is 0 Å². The van der Waals surface area contributed by atoms with Crippen molar-refractivity contribution in [3.8, 4) is 0 Å². The summed E-state index contributed by atoms with van der Waals surface area (Å²) in [4.78, 5) is 0. The average Bonchev–Trinajstić information content (AvgIpc) is 1.76. The summed E-state index contributed by atoms with van der Waals surface area (Å²) in [6.45, 7) is 0.957. The lowest BCUT2D eigenvalue weighted by molar-refractivity contribution is 0.360. The molecule has 0 N–H and O–H groups in total. The zero-order chi connectivity index (χ0) is 3.54. The summed E-state index contributed by atoms with van der Waals surface area (Å²) in [5.41, 5.74) is 0. The van der Waals surface area contributed by atoms with Crippen LogP contribution in [0.4, 0.5) is 0 Å². The normalized spacial score (nSPS) is 19.2. The zero-order valence-electron chi connectivity index (χ0n) is 2.90. The summed E-state index contributed by atoms with van der Waals surface area (Å²) in [6, 6.07) is 1.25. The van der Waals surface area contributed by atoms with Crippen molar-refractivity contribution >= 4 is 15.0 Å². The van der Waals surface area contributed by atoms with Crippen LogP contribution in [0.3, 0.4) is 0 Å². The van der Waals surface area contributed by atoms with Crippen LogP contribution in [0.5, 0.6) is 0 Å². The van der Waals surface area contributed by atoms with E-state index in [1.807, 2.05) is 5.86 Å². The summed E-state index contributed by atoms with van der Waals surface area (Å²) in [6.07, 6.45) is 0. The first kappa shape index (κ1) is 3.09. The van der Waals surface area contributed by atoms with Crippen molar-refractivity contribution in [1.29, 1.82) is 0 Å². The molecular formula is C3H5OSi. The Balaban J connectivity index is 2.32. The highest BCUT2D eigenvalue weighted by Gasteiger charge is 1.85. The third kappa shape index (κ3) is 0.579. The van der Waals surface area contributed by atoms with Crippen LogP contribution in [0.15, 0.2) is 0 Å². The minimum absolute atomic E-state index is 0.957. The van der Waals surface area contributed by atoms with Gasteiger partial charge < -0.3 is 4.74 Å². The molecule has 0 saturated carbocycles. The van der Waals surface area contributed by atoms with Crippen molar-refractivity contribution in [2.24, 2.45) is 0 Å². The van der Waals surface area contributed by atoms with E-state index in [2.05, 4.69) is 0 Å². The van der Waals surface area contributed by atoms with Crippen molar-refractivity contribution < 1.29 is 4.74 Å². The highest BCUT2D eigenvalue weighted by atomic mass is 28.2. The minimum Gasteiger partial charge on any atom is -0.507 e. The number of hydrogen-bond donors (Lipinski definition) is 0. The number of hydrogen-bond acceptors (Lipinski definition) is 1. The van der Waals surface area contributed by atoms with Crippen LogP contribution in [0.2, 0.25) is 6.04 Å². The van der Waals surface area contributed by atoms with E-state index < -0.39 is 0 Å². The maximum atomic E-state index is 4.83. The van der Waals surface area contributed by atoms with E-state index in [1.165, 1.54) is 6.04 Å².